The Kier molecular flexibility index (Phi) is 15.0. The van der Waals surface area contributed by atoms with Crippen LogP contribution in [0.25, 0.3) is 22.3 Å². The third kappa shape index (κ3) is 11.1. The molecule has 278 valence electrons. The van der Waals surface area contributed by atoms with Crippen LogP contribution in [0.1, 0.15) is 82.6 Å². The van der Waals surface area contributed by atoms with E-state index in [1.165, 1.54) is 93.6 Å². The maximum absolute atomic E-state index is 11.9. The predicted octanol–water partition coefficient (Wildman–Crippen LogP) is 10.1. The fraction of sp³-hybridized carbons (Fsp3) is 0.467. The number of benzene rings is 3. The topological polar surface area (TPSA) is 80.3 Å². The summed E-state index contributed by atoms with van der Waals surface area (Å²) in [4.78, 5) is 23.3. The Bertz CT molecular complexity index is 1590. The lowest BCUT2D eigenvalue weighted by Crippen LogP contribution is -2.25. The molecule has 0 aromatic heterocycles. The Morgan fingerprint density at radius 1 is 0.712 bits per heavy atom. The van der Waals surface area contributed by atoms with Gasteiger partial charge in [-0.05, 0) is 114 Å². The van der Waals surface area contributed by atoms with Gasteiger partial charge in [-0.2, -0.15) is 0 Å². The maximum Gasteiger partial charge on any atom is 0.335 e. The molecule has 2 aliphatic carbocycles. The molecular formula is C45H56O7. The first-order valence-corrected chi connectivity index (χ1v) is 19.1. The van der Waals surface area contributed by atoms with E-state index in [9.17, 15) is 9.59 Å². The largest absolute Gasteiger partial charge is 0.490 e. The van der Waals surface area contributed by atoms with Crippen molar-refractivity contribution < 1.29 is 33.3 Å². The van der Waals surface area contributed by atoms with Gasteiger partial charge in [0.1, 0.15) is 37.9 Å². The first kappa shape index (κ1) is 38.9. The standard InChI is InChI=1S/C45H56O7/c1-5-7-33-8-10-34(11-9-33)35-12-14-38(15-13-35)43-30-39(36-16-21-40(22-17-36)50-27-29-52-45(47)32(3)31-48-4)20-25-42(43)37-18-23-41(24-19-37)49-26-28-51-44(46)6-2/h6,16-25,30,33-35,38H,2-3,5,7-15,26-29,31H2,1,4H3. The highest BCUT2D eigenvalue weighted by atomic mass is 16.6. The molecule has 0 amide bonds. The molecule has 5 rings (SSSR count). The number of methoxy groups -OCH3 is 1. The van der Waals surface area contributed by atoms with Crippen LogP contribution in [0.15, 0.2) is 91.5 Å². The highest BCUT2D eigenvalue weighted by molar-refractivity contribution is 5.88. The van der Waals surface area contributed by atoms with Crippen molar-refractivity contribution in [3.63, 3.8) is 0 Å². The zero-order valence-corrected chi connectivity index (χ0v) is 31.1. The van der Waals surface area contributed by atoms with Crippen LogP contribution in [0.2, 0.25) is 0 Å². The van der Waals surface area contributed by atoms with E-state index in [-0.39, 0.29) is 38.6 Å². The molecule has 7 heteroatoms. The van der Waals surface area contributed by atoms with Crippen LogP contribution in [0.4, 0.5) is 0 Å². The summed E-state index contributed by atoms with van der Waals surface area (Å²) in [6.45, 7) is 10.4. The van der Waals surface area contributed by atoms with Crippen LogP contribution in [0.5, 0.6) is 11.5 Å². The second-order valence-electron chi connectivity index (χ2n) is 14.3. The minimum atomic E-state index is -0.476. The van der Waals surface area contributed by atoms with E-state index in [4.69, 9.17) is 23.7 Å². The summed E-state index contributed by atoms with van der Waals surface area (Å²) >= 11 is 0. The van der Waals surface area contributed by atoms with Crippen molar-refractivity contribution in [2.45, 2.75) is 77.0 Å². The molecule has 2 aliphatic rings. The molecule has 0 unspecified atom stereocenters. The summed E-state index contributed by atoms with van der Waals surface area (Å²) in [6.07, 6.45) is 14.6. The third-order valence-electron chi connectivity index (χ3n) is 10.8. The second-order valence-corrected chi connectivity index (χ2v) is 14.3. The van der Waals surface area contributed by atoms with Crippen LogP contribution >= 0.6 is 0 Å². The van der Waals surface area contributed by atoms with Crippen molar-refractivity contribution in [3.8, 4) is 33.8 Å². The Morgan fingerprint density at radius 3 is 1.85 bits per heavy atom. The molecule has 2 fully saturated rings. The molecule has 0 radical (unpaired) electrons. The maximum atomic E-state index is 11.9. The monoisotopic (exact) mass is 708 g/mol. The lowest BCUT2D eigenvalue weighted by atomic mass is 9.67. The van der Waals surface area contributed by atoms with Crippen molar-refractivity contribution in [2.75, 3.05) is 40.1 Å². The SMILES string of the molecule is C=CC(=O)OCCOc1ccc(-c2ccc(-c3ccc(OCCOC(=O)C(=C)COC)cc3)cc2C2CCC(C3CCC(CCC)CC3)CC2)cc1. The van der Waals surface area contributed by atoms with Crippen molar-refractivity contribution >= 4 is 11.9 Å². The van der Waals surface area contributed by atoms with Crippen LogP contribution in [0, 0.1) is 17.8 Å². The molecule has 0 N–H and O–H groups in total. The van der Waals surface area contributed by atoms with E-state index in [1.54, 1.807) is 0 Å². The minimum absolute atomic E-state index is 0.134. The molecular weight excluding hydrogens is 652 g/mol. The third-order valence-corrected chi connectivity index (χ3v) is 10.8. The zero-order chi connectivity index (χ0) is 36.7. The quantitative estimate of drug-likeness (QED) is 0.0739. The summed E-state index contributed by atoms with van der Waals surface area (Å²) in [5.74, 6) is 3.74. The van der Waals surface area contributed by atoms with Gasteiger partial charge in [-0.15, -0.1) is 0 Å². The van der Waals surface area contributed by atoms with E-state index in [0.717, 1.165) is 40.9 Å². The Balaban J connectivity index is 1.27. The van der Waals surface area contributed by atoms with Gasteiger partial charge in [0, 0.05) is 13.2 Å². The van der Waals surface area contributed by atoms with Gasteiger partial charge in [-0.1, -0.05) is 88.2 Å². The van der Waals surface area contributed by atoms with Gasteiger partial charge >= 0.3 is 11.9 Å². The molecule has 0 saturated heterocycles. The van der Waals surface area contributed by atoms with Gasteiger partial charge in [-0.25, -0.2) is 9.59 Å². The molecule has 2 saturated carbocycles. The summed E-state index contributed by atoms with van der Waals surface area (Å²) in [7, 11) is 1.51. The fourth-order valence-electron chi connectivity index (χ4n) is 8.07. The molecule has 0 bridgehead atoms. The van der Waals surface area contributed by atoms with E-state index in [2.05, 4.69) is 62.5 Å². The van der Waals surface area contributed by atoms with Gasteiger partial charge in [0.25, 0.3) is 0 Å². The van der Waals surface area contributed by atoms with Crippen LogP contribution in [-0.2, 0) is 23.8 Å². The molecule has 7 nitrogen and oxygen atoms in total. The van der Waals surface area contributed by atoms with Crippen LogP contribution < -0.4 is 9.47 Å². The summed E-state index contributed by atoms with van der Waals surface area (Å²) < 4.78 is 26.8. The number of carbonyl (C=O) groups excluding carboxylic acids is 2. The second kappa shape index (κ2) is 20.0. The summed E-state index contributed by atoms with van der Waals surface area (Å²) in [5.41, 5.74) is 6.42. The van der Waals surface area contributed by atoms with E-state index < -0.39 is 11.9 Å². The number of rotatable bonds is 18. The lowest BCUT2D eigenvalue weighted by molar-refractivity contribution is -0.140. The fourth-order valence-corrected chi connectivity index (χ4v) is 8.07. The Labute approximate surface area is 310 Å². The molecule has 3 aromatic carbocycles. The molecule has 0 heterocycles. The molecule has 0 aliphatic heterocycles. The Morgan fingerprint density at radius 2 is 1.27 bits per heavy atom. The molecule has 0 atom stereocenters. The van der Waals surface area contributed by atoms with Gasteiger partial charge in [0.15, 0.2) is 0 Å². The number of carbonyl (C=O) groups is 2. The van der Waals surface area contributed by atoms with Gasteiger partial charge in [0.05, 0.1) is 12.2 Å². The molecule has 52 heavy (non-hydrogen) atoms. The highest BCUT2D eigenvalue weighted by Crippen LogP contribution is 2.47. The van der Waals surface area contributed by atoms with E-state index in [0.29, 0.717) is 5.92 Å². The number of hydrogen-bond donors (Lipinski definition) is 0. The van der Waals surface area contributed by atoms with E-state index in [1.807, 2.05) is 24.3 Å². The van der Waals surface area contributed by atoms with E-state index >= 15 is 0 Å². The first-order chi connectivity index (χ1) is 25.4. The average Bonchev–Trinajstić information content (AvgIpc) is 3.19. The lowest BCUT2D eigenvalue weighted by Gasteiger charge is -2.38. The zero-order valence-electron chi connectivity index (χ0n) is 31.1. The van der Waals surface area contributed by atoms with Gasteiger partial charge in [-0.3, -0.25) is 0 Å². The first-order valence-electron chi connectivity index (χ1n) is 19.1. The summed E-state index contributed by atoms with van der Waals surface area (Å²) in [5, 5.41) is 0. The molecule has 0 spiro atoms. The van der Waals surface area contributed by atoms with Gasteiger partial charge in [0.2, 0.25) is 0 Å². The van der Waals surface area contributed by atoms with Crippen LogP contribution in [0.3, 0.4) is 0 Å². The number of hydrogen-bond acceptors (Lipinski definition) is 7. The van der Waals surface area contributed by atoms with Crippen LogP contribution in [-0.4, -0.2) is 52.1 Å². The highest BCUT2D eigenvalue weighted by Gasteiger charge is 2.32. The van der Waals surface area contributed by atoms with Crippen molar-refractivity contribution in [2.24, 2.45) is 17.8 Å². The van der Waals surface area contributed by atoms with Crippen molar-refractivity contribution in [1.82, 2.24) is 0 Å². The molecule has 3 aromatic rings. The minimum Gasteiger partial charge on any atom is -0.490 e. The van der Waals surface area contributed by atoms with Crippen molar-refractivity contribution in [3.05, 3.63) is 97.1 Å². The van der Waals surface area contributed by atoms with Crippen molar-refractivity contribution in [1.29, 1.82) is 0 Å². The number of esters is 2. The normalized spacial score (nSPS) is 20.0. The smallest absolute Gasteiger partial charge is 0.335 e. The Hall–Kier alpha value is -4.36. The number of ether oxygens (including phenoxy) is 5. The average molecular weight is 709 g/mol. The van der Waals surface area contributed by atoms with Gasteiger partial charge < -0.3 is 23.7 Å². The summed E-state index contributed by atoms with van der Waals surface area (Å²) in [6, 6.07) is 23.2. The predicted molar refractivity (Wildman–Crippen MR) is 206 cm³/mol.